The van der Waals surface area contributed by atoms with Crippen molar-refractivity contribution in [2.75, 3.05) is 12.0 Å². The van der Waals surface area contributed by atoms with E-state index in [0.717, 1.165) is 25.7 Å². The van der Waals surface area contributed by atoms with Crippen LogP contribution in [0.1, 0.15) is 44.9 Å². The Morgan fingerprint density at radius 3 is 2.50 bits per heavy atom. The Labute approximate surface area is 122 Å². The molecule has 2 rings (SSSR count). The van der Waals surface area contributed by atoms with Crippen molar-refractivity contribution in [2.24, 2.45) is 5.41 Å². The van der Waals surface area contributed by atoms with Crippen molar-refractivity contribution in [3.05, 3.63) is 0 Å². The zero-order valence-electron chi connectivity index (χ0n) is 11.7. The molecular weight excluding hydrogens is 300 g/mol. The monoisotopic (exact) mass is 322 g/mol. The summed E-state index contributed by atoms with van der Waals surface area (Å²) in [6, 6.07) is 0. The lowest BCUT2D eigenvalue weighted by molar-refractivity contribution is -0.138. The largest absolute Gasteiger partial charge is 0.481 e. The van der Waals surface area contributed by atoms with Gasteiger partial charge in [0.05, 0.1) is 11.7 Å². The molecule has 7 heteroatoms. The minimum atomic E-state index is -3.07. The van der Waals surface area contributed by atoms with Crippen molar-refractivity contribution in [1.29, 1.82) is 0 Å². The minimum absolute atomic E-state index is 0.0843. The van der Waals surface area contributed by atoms with E-state index < -0.39 is 26.6 Å². The predicted octanol–water partition coefficient (Wildman–Crippen LogP) is 1.35. The first kappa shape index (κ1) is 15.9. The molecule has 0 aromatic heterocycles. The molecule has 3 unspecified atom stereocenters. The van der Waals surface area contributed by atoms with E-state index in [1.807, 2.05) is 0 Å². The molecule has 0 amide bonds. The van der Waals surface area contributed by atoms with Crippen LogP contribution < -0.4 is 0 Å². The average molecular weight is 322 g/mol. The first-order valence-electron chi connectivity index (χ1n) is 7.00. The van der Waals surface area contributed by atoms with E-state index in [1.165, 1.54) is 6.26 Å². The number of hydrogen-bond donors (Lipinski definition) is 1. The van der Waals surface area contributed by atoms with Crippen LogP contribution in [0.3, 0.4) is 0 Å². The molecule has 0 bridgehead atoms. The van der Waals surface area contributed by atoms with E-state index in [4.69, 9.17) is 5.11 Å². The van der Waals surface area contributed by atoms with Gasteiger partial charge in [-0.15, -0.1) is 0 Å². The first-order chi connectivity index (χ1) is 9.22. The summed E-state index contributed by atoms with van der Waals surface area (Å²) < 4.78 is 35.7. The highest BCUT2D eigenvalue weighted by Gasteiger charge is 2.47. The van der Waals surface area contributed by atoms with Gasteiger partial charge in [0.2, 0.25) is 0 Å². The Morgan fingerprint density at radius 1 is 1.35 bits per heavy atom. The van der Waals surface area contributed by atoms with Gasteiger partial charge >= 0.3 is 5.97 Å². The van der Waals surface area contributed by atoms with E-state index in [-0.39, 0.29) is 22.3 Å². The summed E-state index contributed by atoms with van der Waals surface area (Å²) in [4.78, 5) is 10.8. The Bertz CT molecular complexity index is 507. The maximum absolute atomic E-state index is 12.4. The lowest BCUT2D eigenvalue weighted by atomic mass is 10.00. The lowest BCUT2D eigenvalue weighted by Crippen LogP contribution is -2.34. The van der Waals surface area contributed by atoms with Gasteiger partial charge in [0, 0.05) is 28.1 Å². The quantitative estimate of drug-likeness (QED) is 0.797. The smallest absolute Gasteiger partial charge is 0.303 e. The topological polar surface area (TPSA) is 88.5 Å². The van der Waals surface area contributed by atoms with Gasteiger partial charge in [-0.05, 0) is 37.5 Å². The van der Waals surface area contributed by atoms with Crippen molar-refractivity contribution in [3.8, 4) is 0 Å². The van der Waals surface area contributed by atoms with Crippen LogP contribution in [0, 0.1) is 5.41 Å². The molecule has 116 valence electrons. The standard InChI is InChI=1S/C13H22O5S2/c1-20(17,18)11-4-2-3-10(7-11)19(16)9-13(5-6-13)8-12(14)15/h10-11H,2-9H2,1H3,(H,14,15). The Hall–Kier alpha value is -0.430. The molecule has 1 N–H and O–H groups in total. The molecule has 2 fully saturated rings. The Kier molecular flexibility index (Phi) is 4.59. The van der Waals surface area contributed by atoms with Gasteiger partial charge in [0.25, 0.3) is 0 Å². The zero-order valence-corrected chi connectivity index (χ0v) is 13.3. The van der Waals surface area contributed by atoms with E-state index in [9.17, 15) is 17.4 Å². The van der Waals surface area contributed by atoms with Gasteiger partial charge in [-0.1, -0.05) is 6.42 Å². The molecule has 5 nitrogen and oxygen atoms in total. The van der Waals surface area contributed by atoms with Crippen LogP contribution in [-0.4, -0.2) is 46.2 Å². The van der Waals surface area contributed by atoms with Crippen molar-refractivity contribution in [1.82, 2.24) is 0 Å². The zero-order chi connectivity index (χ0) is 15.0. The van der Waals surface area contributed by atoms with E-state index in [1.54, 1.807) is 0 Å². The summed E-state index contributed by atoms with van der Waals surface area (Å²) in [5.41, 5.74) is -0.283. The second-order valence-corrected chi connectivity index (χ2v) is 10.4. The van der Waals surface area contributed by atoms with Crippen LogP contribution in [0.25, 0.3) is 0 Å². The van der Waals surface area contributed by atoms with Gasteiger partial charge in [-0.2, -0.15) is 0 Å². The third-order valence-electron chi connectivity index (χ3n) is 4.49. The minimum Gasteiger partial charge on any atom is -0.481 e. The van der Waals surface area contributed by atoms with E-state index >= 15 is 0 Å². The van der Waals surface area contributed by atoms with Crippen molar-refractivity contribution < 1.29 is 22.5 Å². The molecule has 0 heterocycles. The van der Waals surface area contributed by atoms with Crippen LogP contribution >= 0.6 is 0 Å². The van der Waals surface area contributed by atoms with Crippen LogP contribution in [0.4, 0.5) is 0 Å². The fraction of sp³-hybridized carbons (Fsp3) is 0.923. The lowest BCUT2D eigenvalue weighted by Gasteiger charge is -2.28. The Balaban J connectivity index is 1.94. The third kappa shape index (κ3) is 4.04. The van der Waals surface area contributed by atoms with Crippen molar-refractivity contribution in [2.45, 2.75) is 55.4 Å². The van der Waals surface area contributed by atoms with E-state index in [2.05, 4.69) is 0 Å². The summed E-state index contributed by atoms with van der Waals surface area (Å²) in [5, 5.41) is 8.42. The number of rotatable bonds is 6. The van der Waals surface area contributed by atoms with Crippen molar-refractivity contribution >= 4 is 26.6 Å². The summed E-state index contributed by atoms with van der Waals surface area (Å²) in [5.74, 6) is -0.419. The number of sulfone groups is 1. The molecule has 20 heavy (non-hydrogen) atoms. The van der Waals surface area contributed by atoms with Gasteiger partial charge in [0.15, 0.2) is 0 Å². The normalized spacial score (nSPS) is 30.6. The highest BCUT2D eigenvalue weighted by atomic mass is 32.2. The van der Waals surface area contributed by atoms with Crippen molar-refractivity contribution in [3.63, 3.8) is 0 Å². The highest BCUT2D eigenvalue weighted by Crippen LogP contribution is 2.50. The second kappa shape index (κ2) is 5.75. The number of carbonyl (C=O) groups is 1. The molecule has 2 saturated carbocycles. The fourth-order valence-electron chi connectivity index (χ4n) is 3.02. The number of carboxylic acids is 1. The maximum Gasteiger partial charge on any atom is 0.303 e. The van der Waals surface area contributed by atoms with Gasteiger partial charge in [-0.25, -0.2) is 8.42 Å². The fourth-order valence-corrected chi connectivity index (χ4v) is 6.42. The van der Waals surface area contributed by atoms with Crippen LogP contribution in [0.2, 0.25) is 0 Å². The van der Waals surface area contributed by atoms with Gasteiger partial charge in [-0.3, -0.25) is 9.00 Å². The number of hydrogen-bond acceptors (Lipinski definition) is 4. The van der Waals surface area contributed by atoms with Gasteiger partial charge < -0.3 is 5.11 Å². The van der Waals surface area contributed by atoms with Crippen LogP contribution in [0.5, 0.6) is 0 Å². The first-order valence-corrected chi connectivity index (χ1v) is 10.3. The van der Waals surface area contributed by atoms with Crippen LogP contribution in [0.15, 0.2) is 0 Å². The molecule has 3 atom stereocenters. The molecule has 2 aliphatic carbocycles. The average Bonchev–Trinajstić information content (AvgIpc) is 3.06. The maximum atomic E-state index is 12.4. The van der Waals surface area contributed by atoms with E-state index in [0.29, 0.717) is 18.6 Å². The highest BCUT2D eigenvalue weighted by molar-refractivity contribution is 7.91. The molecule has 0 saturated heterocycles. The summed E-state index contributed by atoms with van der Waals surface area (Å²) >= 11 is 0. The molecule has 0 aliphatic heterocycles. The number of carboxylic acid groups (broad SMARTS) is 1. The molecule has 2 aliphatic rings. The third-order valence-corrected chi connectivity index (χ3v) is 8.19. The summed E-state index contributed by atoms with van der Waals surface area (Å²) in [7, 11) is -4.18. The number of aliphatic carboxylic acids is 1. The molecular formula is C13H22O5S2. The molecule has 0 aromatic carbocycles. The second-order valence-electron chi connectivity index (χ2n) is 6.34. The predicted molar refractivity (Wildman–Crippen MR) is 77.8 cm³/mol. The summed E-state index contributed by atoms with van der Waals surface area (Å²) in [6.07, 6.45) is 5.69. The summed E-state index contributed by atoms with van der Waals surface area (Å²) in [6.45, 7) is 0. The Morgan fingerprint density at radius 2 is 2.00 bits per heavy atom. The molecule has 0 aromatic rings. The SMILES string of the molecule is CS(=O)(=O)C1CCCC(S(=O)CC2(CC(=O)O)CC2)C1. The van der Waals surface area contributed by atoms with Gasteiger partial charge in [0.1, 0.15) is 9.84 Å². The molecule has 0 radical (unpaired) electrons. The van der Waals surface area contributed by atoms with Crippen LogP contribution in [-0.2, 0) is 25.4 Å². The molecule has 0 spiro atoms.